The summed E-state index contributed by atoms with van der Waals surface area (Å²) >= 11 is 0. The molecule has 2 aromatic rings. The molecule has 1 aromatic carbocycles. The third-order valence-corrected chi connectivity index (χ3v) is 3.20. The highest BCUT2D eigenvalue weighted by molar-refractivity contribution is 5.94. The van der Waals surface area contributed by atoms with E-state index in [2.05, 4.69) is 10.3 Å². The van der Waals surface area contributed by atoms with Crippen LogP contribution in [0.5, 0.6) is 0 Å². The number of hydrogen-bond donors (Lipinski definition) is 1. The lowest BCUT2D eigenvalue weighted by Gasteiger charge is -2.20. The second kappa shape index (κ2) is 7.71. The van der Waals surface area contributed by atoms with Crippen molar-refractivity contribution in [2.24, 2.45) is 0 Å². The van der Waals surface area contributed by atoms with Crippen LogP contribution in [0.15, 0.2) is 48.8 Å². The Morgan fingerprint density at radius 1 is 1.17 bits per heavy atom. The Kier molecular flexibility index (Phi) is 5.42. The van der Waals surface area contributed by atoms with Crippen molar-refractivity contribution in [3.05, 3.63) is 59.9 Å². The molecule has 0 aliphatic heterocycles. The van der Waals surface area contributed by atoms with Crippen LogP contribution >= 0.6 is 0 Å². The number of carbonyl (C=O) groups is 2. The van der Waals surface area contributed by atoms with Gasteiger partial charge in [0.25, 0.3) is 0 Å². The Bertz CT molecular complexity index is 721. The van der Waals surface area contributed by atoms with Gasteiger partial charge in [-0.15, -0.1) is 0 Å². The largest absolute Gasteiger partial charge is 0.329 e. The molecule has 0 aliphatic carbocycles. The molecule has 6 nitrogen and oxygen atoms in total. The lowest BCUT2D eigenvalue weighted by Crippen LogP contribution is -2.36. The van der Waals surface area contributed by atoms with Gasteiger partial charge in [-0.05, 0) is 42.0 Å². The van der Waals surface area contributed by atoms with Crippen molar-refractivity contribution in [2.45, 2.75) is 13.5 Å². The number of nitrogens with zero attached hydrogens (tertiary/aromatic N) is 3. The van der Waals surface area contributed by atoms with E-state index in [1.165, 1.54) is 11.8 Å². The number of hydrogen-bond acceptors (Lipinski definition) is 4. The van der Waals surface area contributed by atoms with Gasteiger partial charge in [-0.25, -0.2) is 0 Å². The third kappa shape index (κ3) is 4.93. The van der Waals surface area contributed by atoms with Crippen molar-refractivity contribution in [3.8, 4) is 6.07 Å². The first-order chi connectivity index (χ1) is 11.1. The van der Waals surface area contributed by atoms with E-state index < -0.39 is 0 Å². The zero-order valence-corrected chi connectivity index (χ0v) is 12.7. The molecule has 0 radical (unpaired) electrons. The summed E-state index contributed by atoms with van der Waals surface area (Å²) in [4.78, 5) is 29.2. The maximum atomic E-state index is 12.1. The standard InChI is InChI=1S/C17H16N4O2/c1-13(22)21(11-15-6-8-19-9-7-15)12-17(23)20-16-4-2-14(10-18)3-5-16/h2-9H,11-12H2,1H3,(H,20,23). The number of carbonyl (C=O) groups excluding carboxylic acids is 2. The van der Waals surface area contributed by atoms with Crippen LogP contribution in [-0.2, 0) is 16.1 Å². The summed E-state index contributed by atoms with van der Waals surface area (Å²) in [6.45, 7) is 1.73. The summed E-state index contributed by atoms with van der Waals surface area (Å²) in [7, 11) is 0. The minimum absolute atomic E-state index is 0.0440. The molecule has 0 spiro atoms. The van der Waals surface area contributed by atoms with Crippen LogP contribution < -0.4 is 5.32 Å². The van der Waals surface area contributed by atoms with Gasteiger partial charge in [0.05, 0.1) is 11.6 Å². The number of nitriles is 1. The lowest BCUT2D eigenvalue weighted by molar-refractivity contribution is -0.133. The Balaban J connectivity index is 1.97. The molecule has 1 N–H and O–H groups in total. The van der Waals surface area contributed by atoms with Crippen molar-refractivity contribution in [2.75, 3.05) is 11.9 Å². The van der Waals surface area contributed by atoms with Gasteiger partial charge in [0, 0.05) is 31.5 Å². The molecule has 0 fully saturated rings. The fourth-order valence-electron chi connectivity index (χ4n) is 1.99. The first kappa shape index (κ1) is 16.2. The Labute approximate surface area is 134 Å². The second-order valence-electron chi connectivity index (χ2n) is 4.97. The topological polar surface area (TPSA) is 86.1 Å². The van der Waals surface area contributed by atoms with Crippen LogP contribution in [0.1, 0.15) is 18.1 Å². The monoisotopic (exact) mass is 308 g/mol. The van der Waals surface area contributed by atoms with Gasteiger partial charge < -0.3 is 10.2 Å². The molecule has 0 bridgehead atoms. The van der Waals surface area contributed by atoms with Gasteiger partial charge in [0.15, 0.2) is 0 Å². The lowest BCUT2D eigenvalue weighted by atomic mass is 10.2. The molecule has 2 rings (SSSR count). The highest BCUT2D eigenvalue weighted by atomic mass is 16.2. The first-order valence-corrected chi connectivity index (χ1v) is 7.03. The number of rotatable bonds is 5. The number of nitrogens with one attached hydrogen (secondary N) is 1. The maximum absolute atomic E-state index is 12.1. The van der Waals surface area contributed by atoms with Crippen LogP contribution in [0.2, 0.25) is 0 Å². The summed E-state index contributed by atoms with van der Waals surface area (Å²) in [5, 5.41) is 11.5. The molecular weight excluding hydrogens is 292 g/mol. The second-order valence-corrected chi connectivity index (χ2v) is 4.97. The summed E-state index contributed by atoms with van der Waals surface area (Å²) < 4.78 is 0. The minimum Gasteiger partial charge on any atom is -0.329 e. The molecule has 0 unspecified atom stereocenters. The van der Waals surface area contributed by atoms with Crippen LogP contribution in [0.25, 0.3) is 0 Å². The SMILES string of the molecule is CC(=O)N(CC(=O)Nc1ccc(C#N)cc1)Cc1ccncc1. The quantitative estimate of drug-likeness (QED) is 0.914. The molecule has 1 aromatic heterocycles. The number of amides is 2. The number of pyridine rings is 1. The van der Waals surface area contributed by atoms with E-state index in [0.29, 0.717) is 17.8 Å². The Morgan fingerprint density at radius 3 is 2.39 bits per heavy atom. The van der Waals surface area contributed by atoms with Gasteiger partial charge in [-0.3, -0.25) is 14.6 Å². The average molecular weight is 308 g/mol. The highest BCUT2D eigenvalue weighted by Crippen LogP contribution is 2.09. The third-order valence-electron chi connectivity index (χ3n) is 3.20. The zero-order valence-electron chi connectivity index (χ0n) is 12.7. The molecule has 2 amide bonds. The van der Waals surface area contributed by atoms with E-state index in [1.807, 2.05) is 6.07 Å². The van der Waals surface area contributed by atoms with E-state index in [0.717, 1.165) is 5.56 Å². The van der Waals surface area contributed by atoms with E-state index in [4.69, 9.17) is 5.26 Å². The zero-order chi connectivity index (χ0) is 16.7. The molecule has 1 heterocycles. The highest BCUT2D eigenvalue weighted by Gasteiger charge is 2.14. The van der Waals surface area contributed by atoms with Crippen molar-refractivity contribution in [3.63, 3.8) is 0 Å². The van der Waals surface area contributed by atoms with Gasteiger partial charge in [0.2, 0.25) is 11.8 Å². The van der Waals surface area contributed by atoms with Crippen LogP contribution in [0.4, 0.5) is 5.69 Å². The number of benzene rings is 1. The summed E-state index contributed by atoms with van der Waals surface area (Å²) in [6.07, 6.45) is 3.29. The molecule has 0 saturated heterocycles. The smallest absolute Gasteiger partial charge is 0.244 e. The summed E-state index contributed by atoms with van der Waals surface area (Å²) in [6, 6.07) is 12.2. The van der Waals surface area contributed by atoms with Gasteiger partial charge in [0.1, 0.15) is 6.54 Å². The number of anilines is 1. The van der Waals surface area contributed by atoms with Crippen molar-refractivity contribution in [1.82, 2.24) is 9.88 Å². The Hall–Kier alpha value is -3.20. The van der Waals surface area contributed by atoms with Gasteiger partial charge >= 0.3 is 0 Å². The van der Waals surface area contributed by atoms with Crippen molar-refractivity contribution >= 4 is 17.5 Å². The minimum atomic E-state index is -0.293. The van der Waals surface area contributed by atoms with Crippen LogP contribution in [0, 0.1) is 11.3 Å². The van der Waals surface area contributed by atoms with E-state index in [9.17, 15) is 9.59 Å². The van der Waals surface area contributed by atoms with Gasteiger partial charge in [-0.1, -0.05) is 0 Å². The normalized spacial score (nSPS) is 9.74. The molecule has 0 aliphatic rings. The van der Waals surface area contributed by atoms with Crippen LogP contribution in [0.3, 0.4) is 0 Å². The fraction of sp³-hybridized carbons (Fsp3) is 0.176. The van der Waals surface area contributed by atoms with E-state index in [1.54, 1.807) is 48.8 Å². The molecule has 23 heavy (non-hydrogen) atoms. The summed E-state index contributed by atoms with van der Waals surface area (Å²) in [5.74, 6) is -0.476. The molecule has 0 saturated carbocycles. The Morgan fingerprint density at radius 2 is 1.83 bits per heavy atom. The summed E-state index contributed by atoms with van der Waals surface area (Å²) in [5.41, 5.74) is 2.01. The first-order valence-electron chi connectivity index (χ1n) is 7.03. The fourth-order valence-corrected chi connectivity index (χ4v) is 1.99. The molecule has 116 valence electrons. The van der Waals surface area contributed by atoms with E-state index >= 15 is 0 Å². The maximum Gasteiger partial charge on any atom is 0.244 e. The number of aromatic nitrogens is 1. The molecule has 6 heteroatoms. The predicted molar refractivity (Wildman–Crippen MR) is 85.1 cm³/mol. The van der Waals surface area contributed by atoms with Crippen molar-refractivity contribution in [1.29, 1.82) is 5.26 Å². The van der Waals surface area contributed by atoms with Gasteiger partial charge in [-0.2, -0.15) is 5.26 Å². The molecule has 0 atom stereocenters. The van der Waals surface area contributed by atoms with Crippen molar-refractivity contribution < 1.29 is 9.59 Å². The van der Waals surface area contributed by atoms with Crippen LogP contribution in [-0.4, -0.2) is 28.2 Å². The van der Waals surface area contributed by atoms with E-state index in [-0.39, 0.29) is 18.4 Å². The molecular formula is C17H16N4O2. The average Bonchev–Trinajstić information content (AvgIpc) is 2.56. The predicted octanol–water partition coefficient (Wildman–Crippen LogP) is 1.94.